The molecule has 0 atom stereocenters. The van der Waals surface area contributed by atoms with Crippen LogP contribution in [0.5, 0.6) is 0 Å². The van der Waals surface area contributed by atoms with Gasteiger partial charge in [0, 0.05) is 46.0 Å². The zero-order valence-corrected chi connectivity index (χ0v) is 10.6. The van der Waals surface area contributed by atoms with Gasteiger partial charge in [0.1, 0.15) is 0 Å². The summed E-state index contributed by atoms with van der Waals surface area (Å²) in [4.78, 5) is 15.7. The largest absolute Gasteiger partial charge is 0.301 e. The predicted octanol–water partition coefficient (Wildman–Crippen LogP) is 0.370. The van der Waals surface area contributed by atoms with Gasteiger partial charge in [-0.1, -0.05) is 6.92 Å². The summed E-state index contributed by atoms with van der Waals surface area (Å²) in [6, 6.07) is 0. The van der Waals surface area contributed by atoms with Crippen molar-refractivity contribution >= 4 is 6.29 Å². The van der Waals surface area contributed by atoms with E-state index in [0.29, 0.717) is 5.56 Å². The van der Waals surface area contributed by atoms with E-state index in [0.717, 1.165) is 51.2 Å². The first-order valence-electron chi connectivity index (χ1n) is 6.15. The molecule has 0 saturated carbocycles. The maximum absolute atomic E-state index is 10.9. The Labute approximate surface area is 102 Å². The summed E-state index contributed by atoms with van der Waals surface area (Å²) >= 11 is 0. The van der Waals surface area contributed by atoms with Crippen molar-refractivity contribution in [3.05, 3.63) is 17.5 Å². The van der Waals surface area contributed by atoms with Crippen LogP contribution in [0.2, 0.25) is 0 Å². The average molecular weight is 236 g/mol. The molecule has 0 radical (unpaired) electrons. The molecule has 1 aromatic heterocycles. The highest BCUT2D eigenvalue weighted by Gasteiger charge is 2.17. The highest BCUT2D eigenvalue weighted by Crippen LogP contribution is 2.10. The van der Waals surface area contributed by atoms with E-state index in [-0.39, 0.29) is 0 Å². The van der Waals surface area contributed by atoms with Crippen LogP contribution in [0.1, 0.15) is 23.0 Å². The number of hydrogen-bond donors (Lipinski definition) is 0. The lowest BCUT2D eigenvalue weighted by atomic mass is 10.2. The van der Waals surface area contributed by atoms with Crippen molar-refractivity contribution in [1.82, 2.24) is 19.6 Å². The van der Waals surface area contributed by atoms with E-state index in [1.165, 1.54) is 0 Å². The minimum absolute atomic E-state index is 0.713. The summed E-state index contributed by atoms with van der Waals surface area (Å²) in [5.41, 5.74) is 1.61. The summed E-state index contributed by atoms with van der Waals surface area (Å²) in [7, 11) is 1.85. The molecule has 0 aliphatic carbocycles. The van der Waals surface area contributed by atoms with Crippen LogP contribution >= 0.6 is 0 Å². The van der Waals surface area contributed by atoms with Crippen LogP contribution in [-0.4, -0.2) is 58.6 Å². The van der Waals surface area contributed by atoms with Crippen molar-refractivity contribution in [2.75, 3.05) is 32.7 Å². The molecule has 0 spiro atoms. The van der Waals surface area contributed by atoms with Gasteiger partial charge in [0.05, 0.1) is 11.3 Å². The number of carbonyl (C=O) groups is 1. The molecule has 1 aliphatic rings. The first-order valence-corrected chi connectivity index (χ1v) is 6.15. The number of nitrogens with zero attached hydrogens (tertiary/aromatic N) is 4. The monoisotopic (exact) mass is 236 g/mol. The third kappa shape index (κ3) is 2.92. The molecule has 1 saturated heterocycles. The number of carbonyl (C=O) groups excluding carboxylic acids is 1. The highest BCUT2D eigenvalue weighted by atomic mass is 16.1. The van der Waals surface area contributed by atoms with Crippen molar-refractivity contribution in [3.8, 4) is 0 Å². The standard InChI is InChI=1S/C12H20N4O/c1-3-15-4-6-16(7-5-15)9-12-11(10-17)8-14(2)13-12/h8,10H,3-7,9H2,1-2H3. The topological polar surface area (TPSA) is 41.4 Å². The summed E-state index contributed by atoms with van der Waals surface area (Å²) in [5, 5.41) is 4.34. The molecule has 5 nitrogen and oxygen atoms in total. The first kappa shape index (κ1) is 12.3. The maximum Gasteiger partial charge on any atom is 0.153 e. The Morgan fingerprint density at radius 2 is 1.94 bits per heavy atom. The number of hydrogen-bond acceptors (Lipinski definition) is 4. The molecule has 1 fully saturated rings. The van der Waals surface area contributed by atoms with Crippen LogP contribution in [-0.2, 0) is 13.6 Å². The van der Waals surface area contributed by atoms with Crippen LogP contribution in [0, 0.1) is 0 Å². The zero-order valence-electron chi connectivity index (χ0n) is 10.6. The van der Waals surface area contributed by atoms with Crippen molar-refractivity contribution in [1.29, 1.82) is 0 Å². The lowest BCUT2D eigenvalue weighted by Gasteiger charge is -2.33. The van der Waals surface area contributed by atoms with Crippen molar-refractivity contribution in [2.45, 2.75) is 13.5 Å². The van der Waals surface area contributed by atoms with E-state index in [4.69, 9.17) is 0 Å². The molecular formula is C12H20N4O. The number of likely N-dealkylation sites (N-methyl/N-ethyl adjacent to an activating group) is 1. The van der Waals surface area contributed by atoms with Crippen LogP contribution < -0.4 is 0 Å². The Hall–Kier alpha value is -1.20. The smallest absolute Gasteiger partial charge is 0.153 e. The lowest BCUT2D eigenvalue weighted by molar-refractivity contribution is 0.111. The van der Waals surface area contributed by atoms with E-state index in [1.807, 2.05) is 7.05 Å². The van der Waals surface area contributed by atoms with Gasteiger partial charge in [-0.15, -0.1) is 0 Å². The van der Waals surface area contributed by atoms with Crippen molar-refractivity contribution in [3.63, 3.8) is 0 Å². The van der Waals surface area contributed by atoms with Crippen LogP contribution in [0.15, 0.2) is 6.20 Å². The van der Waals surface area contributed by atoms with E-state index in [1.54, 1.807) is 10.9 Å². The van der Waals surface area contributed by atoms with E-state index in [2.05, 4.69) is 21.8 Å². The Bertz CT molecular complexity index is 380. The Morgan fingerprint density at radius 3 is 2.53 bits per heavy atom. The molecule has 5 heteroatoms. The Morgan fingerprint density at radius 1 is 1.29 bits per heavy atom. The van der Waals surface area contributed by atoms with Crippen LogP contribution in [0.3, 0.4) is 0 Å². The molecule has 1 aliphatic heterocycles. The fourth-order valence-electron chi connectivity index (χ4n) is 2.25. The molecule has 0 aromatic carbocycles. The minimum Gasteiger partial charge on any atom is -0.301 e. The van der Waals surface area contributed by atoms with Gasteiger partial charge in [0.2, 0.25) is 0 Å². The number of rotatable bonds is 4. The molecule has 0 bridgehead atoms. The Kier molecular flexibility index (Phi) is 3.91. The fourth-order valence-corrected chi connectivity index (χ4v) is 2.25. The quantitative estimate of drug-likeness (QED) is 0.708. The van der Waals surface area contributed by atoms with Gasteiger partial charge >= 0.3 is 0 Å². The summed E-state index contributed by atoms with van der Waals surface area (Å²) in [5.74, 6) is 0. The highest BCUT2D eigenvalue weighted by molar-refractivity contribution is 5.75. The third-order valence-corrected chi connectivity index (χ3v) is 3.35. The molecule has 0 amide bonds. The Balaban J connectivity index is 1.95. The predicted molar refractivity (Wildman–Crippen MR) is 66.0 cm³/mol. The first-order chi connectivity index (χ1) is 8.22. The summed E-state index contributed by atoms with van der Waals surface area (Å²) in [6.45, 7) is 8.44. The number of aromatic nitrogens is 2. The number of piperazine rings is 1. The van der Waals surface area contributed by atoms with E-state index in [9.17, 15) is 4.79 Å². The third-order valence-electron chi connectivity index (χ3n) is 3.35. The molecule has 2 rings (SSSR count). The van der Waals surface area contributed by atoms with Gasteiger partial charge in [-0.05, 0) is 6.54 Å². The molecule has 94 valence electrons. The van der Waals surface area contributed by atoms with Crippen LogP contribution in [0.25, 0.3) is 0 Å². The molecular weight excluding hydrogens is 216 g/mol. The van der Waals surface area contributed by atoms with Gasteiger partial charge in [-0.2, -0.15) is 5.10 Å². The number of aryl methyl sites for hydroxylation is 1. The minimum atomic E-state index is 0.713. The maximum atomic E-state index is 10.9. The normalized spacial score (nSPS) is 18.5. The lowest BCUT2D eigenvalue weighted by Crippen LogP contribution is -2.45. The molecule has 0 unspecified atom stereocenters. The zero-order chi connectivity index (χ0) is 12.3. The van der Waals surface area contributed by atoms with Gasteiger partial charge in [-0.25, -0.2) is 0 Å². The number of aldehydes is 1. The van der Waals surface area contributed by atoms with E-state index < -0.39 is 0 Å². The van der Waals surface area contributed by atoms with Gasteiger partial charge in [0.25, 0.3) is 0 Å². The summed E-state index contributed by atoms with van der Waals surface area (Å²) < 4.78 is 1.71. The van der Waals surface area contributed by atoms with Gasteiger partial charge in [-0.3, -0.25) is 14.4 Å². The van der Waals surface area contributed by atoms with Crippen molar-refractivity contribution < 1.29 is 4.79 Å². The van der Waals surface area contributed by atoms with Gasteiger partial charge in [0.15, 0.2) is 6.29 Å². The van der Waals surface area contributed by atoms with Crippen molar-refractivity contribution in [2.24, 2.45) is 7.05 Å². The molecule has 0 N–H and O–H groups in total. The molecule has 17 heavy (non-hydrogen) atoms. The van der Waals surface area contributed by atoms with E-state index >= 15 is 0 Å². The SMILES string of the molecule is CCN1CCN(Cc2nn(C)cc2C=O)CC1. The fraction of sp³-hybridized carbons (Fsp3) is 0.667. The average Bonchev–Trinajstić information content (AvgIpc) is 2.70. The van der Waals surface area contributed by atoms with Crippen LogP contribution in [0.4, 0.5) is 0 Å². The second kappa shape index (κ2) is 5.42. The second-order valence-electron chi connectivity index (χ2n) is 4.53. The van der Waals surface area contributed by atoms with Gasteiger partial charge < -0.3 is 4.90 Å². The molecule has 2 heterocycles. The summed E-state index contributed by atoms with van der Waals surface area (Å²) in [6.07, 6.45) is 2.68. The molecule has 1 aromatic rings. The second-order valence-corrected chi connectivity index (χ2v) is 4.53.